The van der Waals surface area contributed by atoms with Crippen LogP contribution < -0.4 is 5.32 Å². The smallest absolute Gasteiger partial charge is 0.247 e. The van der Waals surface area contributed by atoms with Crippen molar-refractivity contribution in [3.63, 3.8) is 0 Å². The van der Waals surface area contributed by atoms with Crippen molar-refractivity contribution in [3.05, 3.63) is 24.4 Å². The molecule has 1 aliphatic carbocycles. The number of nitrogens with zero attached hydrogens (tertiary/aromatic N) is 2. The summed E-state index contributed by atoms with van der Waals surface area (Å²) in [5.74, 6) is 0.219. The van der Waals surface area contributed by atoms with Crippen LogP contribution in [0.3, 0.4) is 0 Å². The summed E-state index contributed by atoms with van der Waals surface area (Å²) in [5.41, 5.74) is 1.68. The zero-order valence-corrected chi connectivity index (χ0v) is 14.3. The second kappa shape index (κ2) is 6.86. The lowest BCUT2D eigenvalue weighted by Gasteiger charge is -2.30. The molecule has 1 saturated heterocycles. The van der Waals surface area contributed by atoms with Crippen molar-refractivity contribution in [2.24, 2.45) is 5.92 Å². The van der Waals surface area contributed by atoms with E-state index in [4.69, 9.17) is 0 Å². The topological polar surface area (TPSA) is 78.1 Å². The molecule has 0 unspecified atom stereocenters. The zero-order valence-electron chi connectivity index (χ0n) is 14.3. The Bertz CT molecular complexity index is 779. The third kappa shape index (κ3) is 3.25. The Morgan fingerprint density at radius 2 is 1.96 bits per heavy atom. The molecule has 1 saturated carbocycles. The van der Waals surface area contributed by atoms with Crippen molar-refractivity contribution in [2.75, 3.05) is 11.9 Å². The van der Waals surface area contributed by atoms with Gasteiger partial charge in [-0.1, -0.05) is 19.3 Å². The molecule has 1 aliphatic heterocycles. The predicted molar refractivity (Wildman–Crippen MR) is 96.0 cm³/mol. The molecule has 2 aliphatic rings. The maximum atomic E-state index is 12.8. The Balaban J connectivity index is 1.45. The predicted octanol–water partition coefficient (Wildman–Crippen LogP) is 3.07. The molecule has 0 spiro atoms. The van der Waals surface area contributed by atoms with Gasteiger partial charge in [0.05, 0.1) is 11.7 Å². The number of aromatic amines is 1. The van der Waals surface area contributed by atoms with Gasteiger partial charge in [-0.15, -0.1) is 0 Å². The molecule has 2 N–H and O–H groups in total. The number of hydrogen-bond donors (Lipinski definition) is 2. The molecular weight excluding hydrogens is 316 g/mol. The summed E-state index contributed by atoms with van der Waals surface area (Å²) in [6.45, 7) is 0.703. The average Bonchev–Trinajstić information content (AvgIpc) is 3.30. The molecule has 1 atom stereocenters. The summed E-state index contributed by atoms with van der Waals surface area (Å²) in [5, 5.41) is 10.8. The van der Waals surface area contributed by atoms with Gasteiger partial charge in [0, 0.05) is 23.5 Å². The molecule has 6 heteroatoms. The number of nitrogens with one attached hydrogen (secondary N) is 2. The molecule has 25 heavy (non-hydrogen) atoms. The van der Waals surface area contributed by atoms with Crippen LogP contribution in [-0.2, 0) is 9.59 Å². The van der Waals surface area contributed by atoms with Gasteiger partial charge >= 0.3 is 0 Å². The number of likely N-dealkylation sites (tertiary alicyclic amines) is 1. The van der Waals surface area contributed by atoms with E-state index < -0.39 is 0 Å². The highest BCUT2D eigenvalue weighted by Gasteiger charge is 2.37. The van der Waals surface area contributed by atoms with Gasteiger partial charge in [0.15, 0.2) is 0 Å². The molecule has 2 fully saturated rings. The molecule has 6 nitrogen and oxygen atoms in total. The second-order valence-electron chi connectivity index (χ2n) is 7.19. The third-order valence-corrected chi connectivity index (χ3v) is 5.50. The minimum Gasteiger partial charge on any atom is -0.330 e. The summed E-state index contributed by atoms with van der Waals surface area (Å²) < 4.78 is 0. The van der Waals surface area contributed by atoms with Gasteiger partial charge in [0.2, 0.25) is 11.8 Å². The van der Waals surface area contributed by atoms with Gasteiger partial charge in [0.1, 0.15) is 6.04 Å². The fraction of sp³-hybridized carbons (Fsp3) is 0.526. The minimum absolute atomic E-state index is 0.0792. The Morgan fingerprint density at radius 1 is 1.12 bits per heavy atom. The van der Waals surface area contributed by atoms with Crippen LogP contribution in [0.5, 0.6) is 0 Å². The zero-order chi connectivity index (χ0) is 17.2. The van der Waals surface area contributed by atoms with Crippen molar-refractivity contribution in [1.82, 2.24) is 15.1 Å². The van der Waals surface area contributed by atoms with Crippen LogP contribution in [0.2, 0.25) is 0 Å². The van der Waals surface area contributed by atoms with Crippen LogP contribution in [0.15, 0.2) is 24.4 Å². The molecule has 0 radical (unpaired) electrons. The molecule has 2 heterocycles. The van der Waals surface area contributed by atoms with E-state index >= 15 is 0 Å². The maximum Gasteiger partial charge on any atom is 0.247 e. The lowest BCUT2D eigenvalue weighted by atomic mass is 9.88. The summed E-state index contributed by atoms with van der Waals surface area (Å²) in [6.07, 6.45) is 8.82. The van der Waals surface area contributed by atoms with E-state index in [0.29, 0.717) is 6.54 Å². The summed E-state index contributed by atoms with van der Waals surface area (Å²) in [6, 6.07) is 5.33. The highest BCUT2D eigenvalue weighted by molar-refractivity contribution is 5.99. The van der Waals surface area contributed by atoms with Crippen LogP contribution in [-0.4, -0.2) is 39.5 Å². The number of hydrogen-bond acceptors (Lipinski definition) is 3. The van der Waals surface area contributed by atoms with Gasteiger partial charge in [-0.3, -0.25) is 14.7 Å². The Labute approximate surface area is 147 Å². The van der Waals surface area contributed by atoms with Crippen LogP contribution in [0, 0.1) is 5.92 Å². The standard InChI is InChI=1S/C19H24N4O2/c24-18(21-15-8-9-16-14(11-15)12-20-22-16)17-7-4-10-23(17)19(25)13-5-2-1-3-6-13/h8-9,11-13,17H,1-7,10H2,(H,20,22)(H,21,24)/t17-/m1/s1. The highest BCUT2D eigenvalue weighted by atomic mass is 16.2. The fourth-order valence-electron chi connectivity index (χ4n) is 4.13. The van der Waals surface area contributed by atoms with E-state index in [0.717, 1.165) is 55.1 Å². The van der Waals surface area contributed by atoms with Gasteiger partial charge < -0.3 is 10.2 Å². The highest BCUT2D eigenvalue weighted by Crippen LogP contribution is 2.29. The van der Waals surface area contributed by atoms with E-state index in [2.05, 4.69) is 15.5 Å². The quantitative estimate of drug-likeness (QED) is 0.901. The first kappa shape index (κ1) is 16.1. The average molecular weight is 340 g/mol. The van der Waals surface area contributed by atoms with Crippen LogP contribution >= 0.6 is 0 Å². The lowest BCUT2D eigenvalue weighted by molar-refractivity contribution is -0.141. The largest absolute Gasteiger partial charge is 0.330 e. The number of aromatic nitrogens is 2. The molecular formula is C19H24N4O2. The van der Waals surface area contributed by atoms with E-state index in [1.54, 1.807) is 6.20 Å². The second-order valence-corrected chi connectivity index (χ2v) is 7.19. The fourth-order valence-corrected chi connectivity index (χ4v) is 4.13. The number of amides is 2. The normalized spacial score (nSPS) is 21.6. The third-order valence-electron chi connectivity index (χ3n) is 5.50. The number of carbonyl (C=O) groups excluding carboxylic acids is 2. The van der Waals surface area contributed by atoms with Crippen molar-refractivity contribution >= 4 is 28.4 Å². The minimum atomic E-state index is -0.338. The number of anilines is 1. The molecule has 4 rings (SSSR count). The van der Waals surface area contributed by atoms with Gasteiger partial charge in [-0.2, -0.15) is 5.10 Å². The molecule has 1 aromatic carbocycles. The Kier molecular flexibility index (Phi) is 4.42. The summed E-state index contributed by atoms with van der Waals surface area (Å²) >= 11 is 0. The van der Waals surface area contributed by atoms with E-state index in [1.165, 1.54) is 6.42 Å². The SMILES string of the molecule is O=C(Nc1ccc2[nH]ncc2c1)[C@H]1CCCN1C(=O)C1CCCCC1. The van der Waals surface area contributed by atoms with Crippen molar-refractivity contribution < 1.29 is 9.59 Å². The van der Waals surface area contributed by atoms with Crippen molar-refractivity contribution in [2.45, 2.75) is 51.0 Å². The van der Waals surface area contributed by atoms with Crippen LogP contribution in [0.25, 0.3) is 10.9 Å². The Hall–Kier alpha value is -2.37. The van der Waals surface area contributed by atoms with Crippen molar-refractivity contribution in [3.8, 4) is 0 Å². The molecule has 0 bridgehead atoms. The van der Waals surface area contributed by atoms with Crippen molar-refractivity contribution in [1.29, 1.82) is 0 Å². The number of fused-ring (bicyclic) bond motifs is 1. The number of carbonyl (C=O) groups is 2. The van der Waals surface area contributed by atoms with E-state index in [1.807, 2.05) is 23.1 Å². The number of rotatable bonds is 3. The summed E-state index contributed by atoms with van der Waals surface area (Å²) in [4.78, 5) is 27.4. The van der Waals surface area contributed by atoms with Gasteiger partial charge in [0.25, 0.3) is 0 Å². The molecule has 2 aromatic rings. The molecule has 2 amide bonds. The number of H-pyrrole nitrogens is 1. The van der Waals surface area contributed by atoms with Gasteiger partial charge in [-0.25, -0.2) is 0 Å². The monoisotopic (exact) mass is 340 g/mol. The molecule has 1 aromatic heterocycles. The van der Waals surface area contributed by atoms with Crippen LogP contribution in [0.1, 0.15) is 44.9 Å². The van der Waals surface area contributed by atoms with E-state index in [9.17, 15) is 9.59 Å². The molecule has 132 valence electrons. The Morgan fingerprint density at radius 3 is 2.80 bits per heavy atom. The first-order valence-corrected chi connectivity index (χ1v) is 9.27. The lowest BCUT2D eigenvalue weighted by Crippen LogP contribution is -2.46. The summed E-state index contributed by atoms with van der Waals surface area (Å²) in [7, 11) is 0. The first-order valence-electron chi connectivity index (χ1n) is 9.27. The van der Waals surface area contributed by atoms with Crippen LogP contribution in [0.4, 0.5) is 5.69 Å². The maximum absolute atomic E-state index is 12.8. The van der Waals surface area contributed by atoms with Gasteiger partial charge in [-0.05, 0) is 43.9 Å². The number of benzene rings is 1. The van der Waals surface area contributed by atoms with E-state index in [-0.39, 0.29) is 23.8 Å². The first-order chi connectivity index (χ1) is 12.2.